The van der Waals surface area contributed by atoms with Crippen LogP contribution in [0.4, 0.5) is 9.18 Å². The van der Waals surface area contributed by atoms with Gasteiger partial charge in [-0.25, -0.2) is 9.18 Å². The van der Waals surface area contributed by atoms with Crippen molar-refractivity contribution in [3.05, 3.63) is 35.6 Å². The van der Waals surface area contributed by atoms with Crippen LogP contribution in [0.1, 0.15) is 18.4 Å². The molecule has 0 unspecified atom stereocenters. The average Bonchev–Trinajstić information content (AvgIpc) is 2.62. The van der Waals surface area contributed by atoms with Crippen molar-refractivity contribution in [2.75, 3.05) is 33.7 Å². The number of urea groups is 1. The topological polar surface area (TPSA) is 43.9 Å². The third kappa shape index (κ3) is 4.96. The number of carbonyl (C=O) groups excluding carboxylic acids is 2. The highest BCUT2D eigenvalue weighted by atomic mass is 19.1. The van der Waals surface area contributed by atoms with Gasteiger partial charge in [-0.2, -0.15) is 0 Å². The normalized spacial score (nSPS) is 16.9. The van der Waals surface area contributed by atoms with Crippen LogP contribution in [0.15, 0.2) is 24.3 Å². The first-order valence-electron chi connectivity index (χ1n) is 8.35. The molecule has 0 aliphatic carbocycles. The highest BCUT2D eigenvalue weighted by Gasteiger charge is 2.31. The third-order valence-electron chi connectivity index (χ3n) is 4.30. The maximum absolute atomic E-state index is 13.1. The number of nitrogens with zero attached hydrogens (tertiary/aromatic N) is 3. The molecule has 1 aromatic carbocycles. The van der Waals surface area contributed by atoms with Gasteiger partial charge < -0.3 is 14.7 Å². The van der Waals surface area contributed by atoms with E-state index >= 15 is 0 Å². The standard InChI is InChI=1S/C19H24FN3O2/c1-4-11-22(13-15-7-9-17(20)10-8-15)18(24)16-6-5-12-23(14-16)19(25)21(2)3/h1,7-10,16H,5-6,11-14H2,2-3H3/t16-/m1/s1. The van der Waals surface area contributed by atoms with E-state index in [1.807, 2.05) is 0 Å². The number of carbonyl (C=O) groups is 2. The molecule has 1 fully saturated rings. The summed E-state index contributed by atoms with van der Waals surface area (Å²) >= 11 is 0. The van der Waals surface area contributed by atoms with Gasteiger partial charge in [0.05, 0.1) is 12.5 Å². The fourth-order valence-corrected chi connectivity index (χ4v) is 3.03. The van der Waals surface area contributed by atoms with E-state index in [4.69, 9.17) is 6.42 Å². The van der Waals surface area contributed by atoms with Crippen LogP contribution in [-0.2, 0) is 11.3 Å². The summed E-state index contributed by atoms with van der Waals surface area (Å²) in [5, 5.41) is 0. The van der Waals surface area contributed by atoms with Crippen LogP contribution in [0.5, 0.6) is 0 Å². The van der Waals surface area contributed by atoms with Gasteiger partial charge in [0.1, 0.15) is 5.82 Å². The molecule has 1 heterocycles. The number of amides is 3. The molecule has 2 rings (SSSR count). The second kappa shape index (κ2) is 8.52. The lowest BCUT2D eigenvalue weighted by Crippen LogP contribution is -2.49. The molecule has 0 N–H and O–H groups in total. The summed E-state index contributed by atoms with van der Waals surface area (Å²) in [6, 6.07) is 5.95. The molecule has 0 bridgehead atoms. The molecular weight excluding hydrogens is 321 g/mol. The van der Waals surface area contributed by atoms with Gasteiger partial charge in [0.2, 0.25) is 5.91 Å². The Labute approximate surface area is 148 Å². The molecule has 0 saturated carbocycles. The van der Waals surface area contributed by atoms with Crippen LogP contribution in [0.25, 0.3) is 0 Å². The average molecular weight is 345 g/mol. The monoisotopic (exact) mass is 345 g/mol. The zero-order chi connectivity index (χ0) is 18.4. The molecule has 6 heteroatoms. The minimum absolute atomic E-state index is 0.0569. The molecule has 0 aromatic heterocycles. The Kier molecular flexibility index (Phi) is 6.40. The highest BCUT2D eigenvalue weighted by molar-refractivity contribution is 5.81. The summed E-state index contributed by atoms with van der Waals surface area (Å²) in [6.07, 6.45) is 6.94. The van der Waals surface area contributed by atoms with E-state index in [0.29, 0.717) is 19.6 Å². The van der Waals surface area contributed by atoms with Gasteiger partial charge in [-0.3, -0.25) is 4.79 Å². The largest absolute Gasteiger partial charge is 0.331 e. The Bertz CT molecular complexity index is 652. The van der Waals surface area contributed by atoms with Crippen molar-refractivity contribution in [1.29, 1.82) is 0 Å². The fraction of sp³-hybridized carbons (Fsp3) is 0.474. The predicted octanol–water partition coefficient (Wildman–Crippen LogP) is 2.18. The first-order chi connectivity index (χ1) is 11.9. The molecule has 25 heavy (non-hydrogen) atoms. The van der Waals surface area contributed by atoms with Gasteiger partial charge in [-0.1, -0.05) is 18.1 Å². The summed E-state index contributed by atoms with van der Waals surface area (Å²) in [5.41, 5.74) is 0.821. The van der Waals surface area contributed by atoms with Gasteiger partial charge in [-0.15, -0.1) is 6.42 Å². The summed E-state index contributed by atoms with van der Waals surface area (Å²) in [5.74, 6) is 1.88. The molecule has 1 aliphatic heterocycles. The Hall–Kier alpha value is -2.55. The number of terminal acetylenes is 1. The van der Waals surface area contributed by atoms with Crippen LogP contribution in [0, 0.1) is 24.1 Å². The van der Waals surface area contributed by atoms with E-state index in [1.54, 1.807) is 36.0 Å². The van der Waals surface area contributed by atoms with Gasteiger partial charge in [-0.05, 0) is 30.5 Å². The molecule has 134 valence electrons. The summed E-state index contributed by atoms with van der Waals surface area (Å²) < 4.78 is 13.1. The first-order valence-corrected chi connectivity index (χ1v) is 8.35. The van der Waals surface area contributed by atoms with Crippen molar-refractivity contribution in [3.63, 3.8) is 0 Å². The van der Waals surface area contributed by atoms with Crippen molar-refractivity contribution in [3.8, 4) is 12.3 Å². The molecule has 1 saturated heterocycles. The van der Waals surface area contributed by atoms with Gasteiger partial charge >= 0.3 is 6.03 Å². The molecular formula is C19H24FN3O2. The fourth-order valence-electron chi connectivity index (χ4n) is 3.03. The van der Waals surface area contributed by atoms with E-state index in [1.165, 1.54) is 17.0 Å². The van der Waals surface area contributed by atoms with Crippen LogP contribution in [0.3, 0.4) is 0 Å². The van der Waals surface area contributed by atoms with Gasteiger partial charge in [0.25, 0.3) is 0 Å². The minimum atomic E-state index is -0.316. The Balaban J connectivity index is 2.07. The quantitative estimate of drug-likeness (QED) is 0.785. The van der Waals surface area contributed by atoms with Crippen molar-refractivity contribution < 1.29 is 14.0 Å². The molecule has 0 radical (unpaired) electrons. The lowest BCUT2D eigenvalue weighted by atomic mass is 9.96. The maximum Gasteiger partial charge on any atom is 0.319 e. The van der Waals surface area contributed by atoms with Crippen molar-refractivity contribution >= 4 is 11.9 Å². The van der Waals surface area contributed by atoms with Gasteiger partial charge in [0, 0.05) is 33.7 Å². The molecule has 3 amide bonds. The Morgan fingerprint density at radius 1 is 1.32 bits per heavy atom. The van der Waals surface area contributed by atoms with Crippen molar-refractivity contribution in [2.45, 2.75) is 19.4 Å². The zero-order valence-corrected chi connectivity index (χ0v) is 14.7. The number of hydrogen-bond donors (Lipinski definition) is 0. The molecule has 1 atom stereocenters. The van der Waals surface area contributed by atoms with Gasteiger partial charge in [0.15, 0.2) is 0 Å². The second-order valence-electron chi connectivity index (χ2n) is 6.49. The van der Waals surface area contributed by atoms with E-state index in [9.17, 15) is 14.0 Å². The Morgan fingerprint density at radius 3 is 2.60 bits per heavy atom. The van der Waals surface area contributed by atoms with E-state index < -0.39 is 0 Å². The molecule has 0 spiro atoms. The SMILES string of the molecule is C#CCN(Cc1ccc(F)cc1)C(=O)[C@@H]1CCCN(C(=O)N(C)C)C1. The predicted molar refractivity (Wildman–Crippen MR) is 94.0 cm³/mol. The number of rotatable bonds is 4. The van der Waals surface area contributed by atoms with Crippen LogP contribution in [0.2, 0.25) is 0 Å². The van der Waals surface area contributed by atoms with Crippen LogP contribution < -0.4 is 0 Å². The highest BCUT2D eigenvalue weighted by Crippen LogP contribution is 2.21. The van der Waals surface area contributed by atoms with Crippen molar-refractivity contribution in [2.24, 2.45) is 5.92 Å². The first kappa shape index (κ1) is 18.8. The summed E-state index contributed by atoms with van der Waals surface area (Å²) in [7, 11) is 3.40. The number of halogens is 1. The molecule has 1 aromatic rings. The van der Waals surface area contributed by atoms with E-state index in [0.717, 1.165) is 18.4 Å². The van der Waals surface area contributed by atoms with Crippen LogP contribution >= 0.6 is 0 Å². The van der Waals surface area contributed by atoms with E-state index in [-0.39, 0.29) is 30.2 Å². The van der Waals surface area contributed by atoms with E-state index in [2.05, 4.69) is 5.92 Å². The third-order valence-corrected chi connectivity index (χ3v) is 4.30. The Morgan fingerprint density at radius 2 is 2.00 bits per heavy atom. The molecule has 5 nitrogen and oxygen atoms in total. The zero-order valence-electron chi connectivity index (χ0n) is 14.7. The lowest BCUT2D eigenvalue weighted by Gasteiger charge is -2.35. The summed E-state index contributed by atoms with van der Waals surface area (Å²) in [4.78, 5) is 29.9. The molecule has 1 aliphatic rings. The minimum Gasteiger partial charge on any atom is -0.331 e. The number of likely N-dealkylation sites (tertiary alicyclic amines) is 1. The number of piperidine rings is 1. The lowest BCUT2D eigenvalue weighted by molar-refractivity contribution is -0.136. The van der Waals surface area contributed by atoms with Crippen LogP contribution in [-0.4, -0.2) is 60.4 Å². The second-order valence-corrected chi connectivity index (χ2v) is 6.49. The number of benzene rings is 1. The summed E-state index contributed by atoms with van der Waals surface area (Å²) in [6.45, 7) is 1.59. The maximum atomic E-state index is 13.1. The number of hydrogen-bond acceptors (Lipinski definition) is 2. The smallest absolute Gasteiger partial charge is 0.319 e. The van der Waals surface area contributed by atoms with Crippen molar-refractivity contribution in [1.82, 2.24) is 14.7 Å².